The summed E-state index contributed by atoms with van der Waals surface area (Å²) >= 11 is 0. The average molecular weight is 154 g/mol. The standard InChI is InChI=1S/C7H6O4/c8-4-1-2-5(9)7(11)6(10)3-4/h1-3,9-11H. The first kappa shape index (κ1) is 7.40. The molecule has 0 spiro atoms. The fourth-order valence-corrected chi connectivity index (χ4v) is 0.622. The van der Waals surface area contributed by atoms with Gasteiger partial charge in [-0.3, -0.25) is 4.79 Å². The topological polar surface area (TPSA) is 77.8 Å². The fourth-order valence-electron chi connectivity index (χ4n) is 0.622. The molecule has 0 fully saturated rings. The first-order valence-corrected chi connectivity index (χ1v) is 2.86. The minimum atomic E-state index is -0.688. The van der Waals surface area contributed by atoms with Crippen LogP contribution in [0.1, 0.15) is 0 Å². The third-order valence-electron chi connectivity index (χ3n) is 1.17. The molecule has 0 unspecified atom stereocenters. The molecule has 0 saturated heterocycles. The van der Waals surface area contributed by atoms with Crippen molar-refractivity contribution in [2.75, 3.05) is 0 Å². The van der Waals surface area contributed by atoms with Gasteiger partial charge in [-0.2, -0.15) is 0 Å². The largest absolute Gasteiger partial charge is 0.504 e. The molecule has 0 atom stereocenters. The molecule has 0 radical (unpaired) electrons. The van der Waals surface area contributed by atoms with Crippen molar-refractivity contribution >= 4 is 0 Å². The van der Waals surface area contributed by atoms with Gasteiger partial charge in [0.05, 0.1) is 0 Å². The van der Waals surface area contributed by atoms with E-state index < -0.39 is 22.7 Å². The van der Waals surface area contributed by atoms with Crippen molar-refractivity contribution in [3.05, 3.63) is 28.4 Å². The summed E-state index contributed by atoms with van der Waals surface area (Å²) in [5, 5.41) is 26.5. The Bertz CT molecular complexity index is 332. The van der Waals surface area contributed by atoms with Crippen molar-refractivity contribution in [3.8, 4) is 17.2 Å². The molecule has 11 heavy (non-hydrogen) atoms. The summed E-state index contributed by atoms with van der Waals surface area (Å²) in [4.78, 5) is 10.6. The molecule has 4 heteroatoms. The Hall–Kier alpha value is -1.71. The van der Waals surface area contributed by atoms with Gasteiger partial charge in [0.15, 0.2) is 22.7 Å². The minimum absolute atomic E-state index is 0.488. The van der Waals surface area contributed by atoms with Crippen molar-refractivity contribution < 1.29 is 15.3 Å². The molecule has 0 aromatic heterocycles. The lowest BCUT2D eigenvalue weighted by Gasteiger charge is -1.91. The lowest BCUT2D eigenvalue weighted by Crippen LogP contribution is -1.88. The van der Waals surface area contributed by atoms with Gasteiger partial charge in [0.1, 0.15) is 0 Å². The Morgan fingerprint density at radius 1 is 1.00 bits per heavy atom. The Kier molecular flexibility index (Phi) is 1.68. The van der Waals surface area contributed by atoms with Gasteiger partial charge in [-0.15, -0.1) is 0 Å². The molecule has 4 nitrogen and oxygen atoms in total. The van der Waals surface area contributed by atoms with Crippen LogP contribution < -0.4 is 5.43 Å². The summed E-state index contributed by atoms with van der Waals surface area (Å²) < 4.78 is 0. The van der Waals surface area contributed by atoms with Gasteiger partial charge in [-0.05, 0) is 12.1 Å². The van der Waals surface area contributed by atoms with E-state index in [2.05, 4.69) is 0 Å². The van der Waals surface area contributed by atoms with E-state index in [1.165, 1.54) is 0 Å². The minimum Gasteiger partial charge on any atom is -0.504 e. The summed E-state index contributed by atoms with van der Waals surface area (Å²) in [5.41, 5.74) is -0.488. The highest BCUT2D eigenvalue weighted by atomic mass is 16.3. The van der Waals surface area contributed by atoms with E-state index in [4.69, 9.17) is 15.3 Å². The molecule has 0 heterocycles. The maximum absolute atomic E-state index is 10.6. The molecule has 0 aliphatic carbocycles. The van der Waals surface area contributed by atoms with Crippen molar-refractivity contribution in [1.29, 1.82) is 0 Å². The molecule has 1 aromatic rings. The van der Waals surface area contributed by atoms with Crippen LogP contribution in [0.3, 0.4) is 0 Å². The molecule has 1 rings (SSSR count). The molecule has 0 bridgehead atoms. The van der Waals surface area contributed by atoms with Gasteiger partial charge in [0, 0.05) is 6.07 Å². The van der Waals surface area contributed by atoms with Crippen molar-refractivity contribution in [2.45, 2.75) is 0 Å². The van der Waals surface area contributed by atoms with Gasteiger partial charge >= 0.3 is 0 Å². The Labute approximate surface area is 62.0 Å². The third kappa shape index (κ3) is 1.40. The highest BCUT2D eigenvalue weighted by Crippen LogP contribution is 2.30. The van der Waals surface area contributed by atoms with Crippen LogP contribution in [0.25, 0.3) is 0 Å². The zero-order chi connectivity index (χ0) is 8.43. The smallest absolute Gasteiger partial charge is 0.200 e. The normalized spacial score (nSPS) is 9.45. The van der Waals surface area contributed by atoms with Crippen LogP contribution >= 0.6 is 0 Å². The summed E-state index contributed by atoms with van der Waals surface area (Å²) in [7, 11) is 0. The average Bonchev–Trinajstić information content (AvgIpc) is 2.05. The number of hydrogen-bond donors (Lipinski definition) is 3. The van der Waals surface area contributed by atoms with Gasteiger partial charge < -0.3 is 15.3 Å². The molecule has 1 aromatic carbocycles. The van der Waals surface area contributed by atoms with Crippen molar-refractivity contribution in [3.63, 3.8) is 0 Å². The second kappa shape index (κ2) is 2.49. The van der Waals surface area contributed by atoms with Crippen molar-refractivity contribution in [1.82, 2.24) is 0 Å². The highest BCUT2D eigenvalue weighted by Gasteiger charge is 2.02. The van der Waals surface area contributed by atoms with Gasteiger partial charge in [-0.25, -0.2) is 0 Å². The van der Waals surface area contributed by atoms with Crippen LogP contribution in [-0.2, 0) is 0 Å². The zero-order valence-electron chi connectivity index (χ0n) is 5.48. The first-order valence-electron chi connectivity index (χ1n) is 2.86. The van der Waals surface area contributed by atoms with E-state index in [0.717, 1.165) is 18.2 Å². The summed E-state index contributed by atoms with van der Waals surface area (Å²) in [6, 6.07) is 2.86. The van der Waals surface area contributed by atoms with Crippen molar-refractivity contribution in [2.24, 2.45) is 0 Å². The van der Waals surface area contributed by atoms with Crippen LogP contribution in [0.15, 0.2) is 23.0 Å². The predicted molar refractivity (Wildman–Crippen MR) is 37.7 cm³/mol. The van der Waals surface area contributed by atoms with Crippen LogP contribution in [0.4, 0.5) is 0 Å². The zero-order valence-corrected chi connectivity index (χ0v) is 5.48. The van der Waals surface area contributed by atoms with Gasteiger partial charge in [-0.1, -0.05) is 0 Å². The lowest BCUT2D eigenvalue weighted by molar-refractivity contribution is 0.370. The number of rotatable bonds is 0. The van der Waals surface area contributed by atoms with E-state index in [-0.39, 0.29) is 0 Å². The molecule has 0 aliphatic heterocycles. The van der Waals surface area contributed by atoms with Gasteiger partial charge in [0.25, 0.3) is 0 Å². The summed E-state index contributed by atoms with van der Waals surface area (Å²) in [6.07, 6.45) is 0. The van der Waals surface area contributed by atoms with Crippen LogP contribution in [-0.4, -0.2) is 15.3 Å². The van der Waals surface area contributed by atoms with Crippen LogP contribution in [0.2, 0.25) is 0 Å². The molecule has 0 amide bonds. The van der Waals surface area contributed by atoms with E-state index in [1.807, 2.05) is 0 Å². The summed E-state index contributed by atoms with van der Waals surface area (Å²) in [5.74, 6) is -1.84. The molecular weight excluding hydrogens is 148 g/mol. The Balaban J connectivity index is 3.56. The molecule has 0 aliphatic rings. The van der Waals surface area contributed by atoms with Gasteiger partial charge in [0.2, 0.25) is 0 Å². The maximum Gasteiger partial charge on any atom is 0.200 e. The summed E-state index contributed by atoms with van der Waals surface area (Å²) in [6.45, 7) is 0. The molecule has 58 valence electrons. The van der Waals surface area contributed by atoms with Crippen LogP contribution in [0.5, 0.6) is 17.2 Å². The number of aromatic hydroxyl groups is 3. The SMILES string of the molecule is O=c1ccc(O)c(O)c(O)c1. The quantitative estimate of drug-likeness (QED) is 0.497. The second-order valence-corrected chi connectivity index (χ2v) is 2.00. The monoisotopic (exact) mass is 154 g/mol. The Morgan fingerprint density at radius 2 is 1.64 bits per heavy atom. The molecular formula is C7H6O4. The highest BCUT2D eigenvalue weighted by molar-refractivity contribution is 5.46. The second-order valence-electron chi connectivity index (χ2n) is 2.00. The van der Waals surface area contributed by atoms with Crippen LogP contribution in [0, 0.1) is 0 Å². The van der Waals surface area contributed by atoms with E-state index in [1.54, 1.807) is 0 Å². The Morgan fingerprint density at radius 3 is 2.27 bits per heavy atom. The fraction of sp³-hybridized carbons (Fsp3) is 0. The predicted octanol–water partition coefficient (Wildman–Crippen LogP) is 0.164. The van der Waals surface area contributed by atoms with E-state index in [9.17, 15) is 4.79 Å². The molecule has 0 saturated carbocycles. The maximum atomic E-state index is 10.6. The van der Waals surface area contributed by atoms with E-state index in [0.29, 0.717) is 0 Å². The lowest BCUT2D eigenvalue weighted by atomic mass is 10.4. The first-order chi connectivity index (χ1) is 5.11. The third-order valence-corrected chi connectivity index (χ3v) is 1.17. The van der Waals surface area contributed by atoms with E-state index >= 15 is 0 Å². The number of hydrogen-bond acceptors (Lipinski definition) is 4. The molecule has 3 N–H and O–H groups in total.